The summed E-state index contributed by atoms with van der Waals surface area (Å²) < 4.78 is 25.3. The fourth-order valence-electron chi connectivity index (χ4n) is 5.81. The van der Waals surface area contributed by atoms with Crippen molar-refractivity contribution in [2.45, 2.75) is 77.3 Å². The molecule has 2 aliphatic rings. The van der Waals surface area contributed by atoms with E-state index in [-0.39, 0.29) is 17.4 Å². The number of sulfonamides is 1. The molecule has 2 aliphatic heterocycles. The lowest BCUT2D eigenvalue weighted by Gasteiger charge is -2.43. The number of hydrogen-bond acceptors (Lipinski definition) is 7. The van der Waals surface area contributed by atoms with Crippen LogP contribution in [0.3, 0.4) is 0 Å². The fourth-order valence-corrected chi connectivity index (χ4v) is 6.56. The summed E-state index contributed by atoms with van der Waals surface area (Å²) >= 11 is 0. The smallest absolute Gasteiger partial charge is 0.272 e. The maximum atomic E-state index is 13.4. The molecule has 2 saturated heterocycles. The Balaban J connectivity index is 1.27. The van der Waals surface area contributed by atoms with Crippen molar-refractivity contribution in [2.24, 2.45) is 0 Å². The SMILES string of the molecule is Cc1c(NCCc2ccc(C(C)(C)C)cc2)ncnc1C(=O)N1CCC(N2CCC(N(C)S(C)(=O)=O)CC2)CC1. The predicted octanol–water partition coefficient (Wildman–Crippen LogP) is 3.70. The molecule has 220 valence electrons. The van der Waals surface area contributed by atoms with Crippen molar-refractivity contribution in [1.82, 2.24) is 24.1 Å². The van der Waals surface area contributed by atoms with Gasteiger partial charge in [0.15, 0.2) is 0 Å². The van der Waals surface area contributed by atoms with E-state index in [2.05, 4.69) is 65.2 Å². The lowest BCUT2D eigenvalue weighted by Crippen LogP contribution is -2.52. The molecule has 10 heteroatoms. The second kappa shape index (κ2) is 12.5. The van der Waals surface area contributed by atoms with Crippen LogP contribution >= 0.6 is 0 Å². The molecule has 1 aromatic carbocycles. The fraction of sp³-hybridized carbons (Fsp3) is 0.633. The Hall–Kier alpha value is -2.56. The topological polar surface area (TPSA) is 98.7 Å². The number of likely N-dealkylation sites (tertiary alicyclic amines) is 2. The molecule has 1 N–H and O–H groups in total. The molecule has 0 bridgehead atoms. The van der Waals surface area contributed by atoms with E-state index in [0.29, 0.717) is 30.6 Å². The minimum atomic E-state index is -3.16. The van der Waals surface area contributed by atoms with E-state index in [1.807, 2.05) is 11.8 Å². The maximum Gasteiger partial charge on any atom is 0.272 e. The standard InChI is InChI=1S/C30H46N6O3S/c1-22-27(32-21-33-28(22)31-16-11-23-7-9-24(10-8-23)30(2,3)4)29(37)36-19-14-26(15-20-36)35-17-12-25(13-18-35)34(5)40(6,38)39/h7-10,21,25-26H,11-20H2,1-6H3,(H,31,32,33). The number of carbonyl (C=O) groups is 1. The van der Waals surface area contributed by atoms with Gasteiger partial charge in [0.05, 0.1) is 6.26 Å². The highest BCUT2D eigenvalue weighted by molar-refractivity contribution is 7.88. The predicted molar refractivity (Wildman–Crippen MR) is 160 cm³/mol. The van der Waals surface area contributed by atoms with Crippen molar-refractivity contribution in [3.05, 3.63) is 53.0 Å². The van der Waals surface area contributed by atoms with Crippen molar-refractivity contribution in [3.8, 4) is 0 Å². The molecule has 1 amide bonds. The highest BCUT2D eigenvalue weighted by Gasteiger charge is 2.33. The lowest BCUT2D eigenvalue weighted by atomic mass is 9.86. The van der Waals surface area contributed by atoms with Crippen LogP contribution in [0.4, 0.5) is 5.82 Å². The number of rotatable bonds is 8. The molecule has 1 aromatic heterocycles. The first-order chi connectivity index (χ1) is 18.8. The minimum Gasteiger partial charge on any atom is -0.369 e. The van der Waals surface area contributed by atoms with Crippen molar-refractivity contribution in [1.29, 1.82) is 0 Å². The van der Waals surface area contributed by atoms with Crippen LogP contribution in [0.5, 0.6) is 0 Å². The van der Waals surface area contributed by atoms with Crippen molar-refractivity contribution in [2.75, 3.05) is 51.3 Å². The molecule has 2 aromatic rings. The van der Waals surface area contributed by atoms with E-state index in [1.54, 1.807) is 7.05 Å². The van der Waals surface area contributed by atoms with Crippen LogP contribution in [-0.4, -0.2) is 96.5 Å². The Morgan fingerprint density at radius 3 is 2.23 bits per heavy atom. The average Bonchev–Trinajstić information content (AvgIpc) is 2.93. The second-order valence-corrected chi connectivity index (χ2v) is 14.4. The summed E-state index contributed by atoms with van der Waals surface area (Å²) in [6.45, 7) is 12.5. The highest BCUT2D eigenvalue weighted by atomic mass is 32.2. The Morgan fingerprint density at radius 1 is 1.02 bits per heavy atom. The van der Waals surface area contributed by atoms with Crippen molar-refractivity contribution in [3.63, 3.8) is 0 Å². The molecule has 9 nitrogen and oxygen atoms in total. The Kier molecular flexibility index (Phi) is 9.52. The van der Waals surface area contributed by atoms with Crippen LogP contribution in [0.2, 0.25) is 0 Å². The van der Waals surface area contributed by atoms with Crippen LogP contribution in [0, 0.1) is 6.92 Å². The lowest BCUT2D eigenvalue weighted by molar-refractivity contribution is 0.0542. The number of nitrogens with zero attached hydrogens (tertiary/aromatic N) is 5. The minimum absolute atomic E-state index is 0.0346. The van der Waals surface area contributed by atoms with Crippen LogP contribution < -0.4 is 5.32 Å². The summed E-state index contributed by atoms with van der Waals surface area (Å²) in [5.41, 5.74) is 3.98. The Morgan fingerprint density at radius 2 is 1.65 bits per heavy atom. The molecule has 0 unspecified atom stereocenters. The van der Waals surface area contributed by atoms with Gasteiger partial charge in [-0.3, -0.25) is 4.79 Å². The molecule has 2 fully saturated rings. The number of aromatic nitrogens is 2. The third-order valence-corrected chi connectivity index (χ3v) is 9.96. The first kappa shape index (κ1) is 30.4. The summed E-state index contributed by atoms with van der Waals surface area (Å²) in [4.78, 5) is 26.6. The van der Waals surface area contributed by atoms with E-state index in [0.717, 1.165) is 57.3 Å². The molecule has 40 heavy (non-hydrogen) atoms. The molecule has 0 spiro atoms. The van der Waals surface area contributed by atoms with Crippen LogP contribution in [0.15, 0.2) is 30.6 Å². The molecule has 0 saturated carbocycles. The molecule has 0 atom stereocenters. The van der Waals surface area contributed by atoms with E-state index in [9.17, 15) is 13.2 Å². The van der Waals surface area contributed by atoms with Gasteiger partial charge < -0.3 is 15.1 Å². The zero-order chi connectivity index (χ0) is 29.1. The van der Waals surface area contributed by atoms with E-state index >= 15 is 0 Å². The van der Waals surface area contributed by atoms with Crippen LogP contribution in [-0.2, 0) is 21.9 Å². The van der Waals surface area contributed by atoms with E-state index in [4.69, 9.17) is 0 Å². The van der Waals surface area contributed by atoms with Crippen molar-refractivity contribution < 1.29 is 13.2 Å². The van der Waals surface area contributed by atoms with Gasteiger partial charge >= 0.3 is 0 Å². The third-order valence-electron chi connectivity index (χ3n) is 8.62. The number of anilines is 1. The van der Waals surface area contributed by atoms with Gasteiger partial charge in [0.25, 0.3) is 5.91 Å². The number of piperidine rings is 2. The summed E-state index contributed by atoms with van der Waals surface area (Å²) in [6.07, 6.45) is 7.15. The largest absolute Gasteiger partial charge is 0.369 e. The molecule has 0 radical (unpaired) electrons. The Labute approximate surface area is 240 Å². The van der Waals surface area contributed by atoms with Crippen LogP contribution in [0.1, 0.15) is 73.6 Å². The third kappa shape index (κ3) is 7.39. The number of hydrogen-bond donors (Lipinski definition) is 1. The first-order valence-electron chi connectivity index (χ1n) is 14.5. The van der Waals surface area contributed by atoms with Gasteiger partial charge in [-0.2, -0.15) is 0 Å². The van der Waals surface area contributed by atoms with E-state index in [1.165, 1.54) is 28.0 Å². The quantitative estimate of drug-likeness (QED) is 0.517. The van der Waals surface area contributed by atoms with Gasteiger partial charge in [0, 0.05) is 44.3 Å². The molecular formula is C30H46N6O3S. The number of carbonyl (C=O) groups excluding carboxylic acids is 1. The van der Waals surface area contributed by atoms with E-state index < -0.39 is 10.0 Å². The van der Waals surface area contributed by atoms with Gasteiger partial charge in [0.1, 0.15) is 17.8 Å². The summed E-state index contributed by atoms with van der Waals surface area (Å²) in [5.74, 6) is 0.675. The monoisotopic (exact) mass is 570 g/mol. The number of nitrogens with one attached hydrogen (secondary N) is 1. The molecule has 3 heterocycles. The zero-order valence-corrected chi connectivity index (χ0v) is 25.8. The van der Waals surface area contributed by atoms with Gasteiger partial charge in [-0.15, -0.1) is 0 Å². The normalized spacial score (nSPS) is 18.3. The Bertz CT molecular complexity index is 1260. The maximum absolute atomic E-state index is 13.4. The molecular weight excluding hydrogens is 524 g/mol. The average molecular weight is 571 g/mol. The number of amides is 1. The number of benzene rings is 1. The van der Waals surface area contributed by atoms with Gasteiger partial charge in [-0.25, -0.2) is 22.7 Å². The second-order valence-electron chi connectivity index (χ2n) is 12.4. The molecule has 0 aliphatic carbocycles. The zero-order valence-electron chi connectivity index (χ0n) is 25.0. The van der Waals surface area contributed by atoms with Gasteiger partial charge in [0.2, 0.25) is 10.0 Å². The first-order valence-corrected chi connectivity index (χ1v) is 16.3. The summed E-state index contributed by atoms with van der Waals surface area (Å²) in [7, 11) is -1.48. The van der Waals surface area contributed by atoms with Crippen molar-refractivity contribution >= 4 is 21.7 Å². The highest BCUT2D eigenvalue weighted by Crippen LogP contribution is 2.26. The summed E-state index contributed by atoms with van der Waals surface area (Å²) in [6, 6.07) is 9.27. The van der Waals surface area contributed by atoms with Crippen LogP contribution in [0.25, 0.3) is 0 Å². The van der Waals surface area contributed by atoms with Gasteiger partial charge in [-0.05, 0) is 68.7 Å². The summed E-state index contributed by atoms with van der Waals surface area (Å²) in [5, 5.41) is 3.41. The molecule has 4 rings (SSSR count). The van der Waals surface area contributed by atoms with Gasteiger partial charge in [-0.1, -0.05) is 45.0 Å².